The monoisotopic (exact) mass is 296 g/mol. The second-order valence-electron chi connectivity index (χ2n) is 3.64. The van der Waals surface area contributed by atoms with Crippen LogP contribution in [-0.2, 0) is 6.42 Å². The Morgan fingerprint density at radius 3 is 3.06 bits per heavy atom. The van der Waals surface area contributed by atoms with E-state index >= 15 is 0 Å². The van der Waals surface area contributed by atoms with Crippen LogP contribution in [0.15, 0.2) is 27.7 Å². The van der Waals surface area contributed by atoms with Crippen LogP contribution in [0.3, 0.4) is 0 Å². The van der Waals surface area contributed by atoms with Gasteiger partial charge in [-0.3, -0.25) is 0 Å². The lowest BCUT2D eigenvalue weighted by molar-refractivity contribution is 0.968. The van der Waals surface area contributed by atoms with Gasteiger partial charge >= 0.3 is 0 Å². The minimum absolute atomic E-state index is 0.701. The van der Waals surface area contributed by atoms with Crippen LogP contribution >= 0.6 is 34.9 Å². The summed E-state index contributed by atoms with van der Waals surface area (Å²) in [5, 5.41) is 1.51. The number of aromatic amines is 1. The van der Waals surface area contributed by atoms with Crippen molar-refractivity contribution in [3.05, 3.63) is 29.0 Å². The van der Waals surface area contributed by atoms with Crippen LogP contribution in [0.4, 0.5) is 0 Å². The van der Waals surface area contributed by atoms with Crippen molar-refractivity contribution in [1.82, 2.24) is 19.3 Å². The number of nitrogens with zero attached hydrogens (tertiary/aromatic N) is 3. The van der Waals surface area contributed by atoms with Crippen molar-refractivity contribution in [3.63, 3.8) is 0 Å². The first-order chi connectivity index (χ1) is 8.74. The molecule has 0 spiro atoms. The molecule has 1 N–H and O–H groups in total. The summed E-state index contributed by atoms with van der Waals surface area (Å²) in [6.45, 7) is 2.04. The Morgan fingerprint density at radius 2 is 2.28 bits per heavy atom. The van der Waals surface area contributed by atoms with Gasteiger partial charge in [-0.1, -0.05) is 18.5 Å². The molecular formula is C11H9ClN4S2. The van der Waals surface area contributed by atoms with Gasteiger partial charge in [-0.05, 0) is 41.5 Å². The molecule has 0 amide bonds. The van der Waals surface area contributed by atoms with Crippen LogP contribution in [0.2, 0.25) is 5.02 Å². The molecule has 18 heavy (non-hydrogen) atoms. The number of imidazole rings is 1. The Bertz CT molecular complexity index is 691. The molecule has 0 aliphatic heterocycles. The molecule has 7 heteroatoms. The van der Waals surface area contributed by atoms with Gasteiger partial charge in [0.15, 0.2) is 9.50 Å². The van der Waals surface area contributed by atoms with Crippen molar-refractivity contribution in [3.8, 4) is 0 Å². The van der Waals surface area contributed by atoms with E-state index in [-0.39, 0.29) is 0 Å². The molecule has 0 saturated carbocycles. The van der Waals surface area contributed by atoms with Crippen LogP contribution in [-0.4, -0.2) is 19.3 Å². The highest BCUT2D eigenvalue weighted by molar-refractivity contribution is 8.00. The number of aromatic nitrogens is 4. The minimum Gasteiger partial charge on any atom is -0.333 e. The Hall–Kier alpha value is -1.11. The van der Waals surface area contributed by atoms with Crippen LogP contribution in [0, 0.1) is 0 Å². The number of H-pyrrole nitrogens is 1. The van der Waals surface area contributed by atoms with E-state index in [1.54, 1.807) is 0 Å². The SMILES string of the molecule is CCc1nsc(Sc2nc3ccc(Cl)cc3[nH]2)n1. The van der Waals surface area contributed by atoms with E-state index in [2.05, 4.69) is 19.3 Å². The lowest BCUT2D eigenvalue weighted by Gasteiger charge is -1.88. The molecular weight excluding hydrogens is 288 g/mol. The predicted molar refractivity (Wildman–Crippen MR) is 74.5 cm³/mol. The maximum atomic E-state index is 5.94. The van der Waals surface area contributed by atoms with Gasteiger partial charge in [0.1, 0.15) is 5.82 Å². The highest BCUT2D eigenvalue weighted by atomic mass is 35.5. The molecule has 92 valence electrons. The van der Waals surface area contributed by atoms with Gasteiger partial charge in [0, 0.05) is 11.4 Å². The standard InChI is InChI=1S/C11H9ClN4S2/c1-2-9-15-11(18-16-9)17-10-13-7-4-3-6(12)5-8(7)14-10/h3-5H,2H2,1H3,(H,13,14). The molecule has 0 saturated heterocycles. The van der Waals surface area contributed by atoms with Crippen LogP contribution in [0.1, 0.15) is 12.7 Å². The third-order valence-corrected chi connectivity index (χ3v) is 4.28. The van der Waals surface area contributed by atoms with E-state index in [1.165, 1.54) is 23.3 Å². The summed E-state index contributed by atoms with van der Waals surface area (Å²) in [5.74, 6) is 0.877. The zero-order valence-corrected chi connectivity index (χ0v) is 11.9. The molecule has 3 aromatic rings. The molecule has 0 unspecified atom stereocenters. The lowest BCUT2D eigenvalue weighted by atomic mass is 10.3. The highest BCUT2D eigenvalue weighted by Gasteiger charge is 2.08. The molecule has 0 fully saturated rings. The highest BCUT2D eigenvalue weighted by Crippen LogP contribution is 2.29. The van der Waals surface area contributed by atoms with Crippen molar-refractivity contribution in [2.75, 3.05) is 0 Å². The third kappa shape index (κ3) is 2.36. The Kier molecular flexibility index (Phi) is 3.23. The summed E-state index contributed by atoms with van der Waals surface area (Å²) in [7, 11) is 0. The Labute approximate surface area is 117 Å². The molecule has 0 atom stereocenters. The van der Waals surface area contributed by atoms with Gasteiger partial charge in [-0.15, -0.1) is 0 Å². The summed E-state index contributed by atoms with van der Waals surface area (Å²) in [6.07, 6.45) is 0.854. The number of hydrogen-bond donors (Lipinski definition) is 1. The number of aryl methyl sites for hydroxylation is 1. The molecule has 0 bridgehead atoms. The number of rotatable bonds is 3. The maximum absolute atomic E-state index is 5.94. The normalized spacial score (nSPS) is 11.2. The van der Waals surface area contributed by atoms with E-state index in [1.807, 2.05) is 25.1 Å². The lowest BCUT2D eigenvalue weighted by Crippen LogP contribution is -1.81. The van der Waals surface area contributed by atoms with Gasteiger partial charge in [0.05, 0.1) is 11.0 Å². The van der Waals surface area contributed by atoms with E-state index in [0.717, 1.165) is 32.8 Å². The van der Waals surface area contributed by atoms with Gasteiger partial charge < -0.3 is 4.98 Å². The Balaban J connectivity index is 1.90. The fourth-order valence-corrected chi connectivity index (χ4v) is 3.30. The zero-order chi connectivity index (χ0) is 12.5. The number of hydrogen-bond acceptors (Lipinski definition) is 5. The van der Waals surface area contributed by atoms with E-state index in [4.69, 9.17) is 11.6 Å². The average Bonchev–Trinajstić information content (AvgIpc) is 2.95. The molecule has 4 nitrogen and oxygen atoms in total. The fourth-order valence-electron chi connectivity index (χ4n) is 1.51. The smallest absolute Gasteiger partial charge is 0.177 e. The van der Waals surface area contributed by atoms with E-state index in [0.29, 0.717) is 5.02 Å². The van der Waals surface area contributed by atoms with Gasteiger partial charge in [-0.2, -0.15) is 4.37 Å². The van der Waals surface area contributed by atoms with E-state index < -0.39 is 0 Å². The first kappa shape index (κ1) is 12.0. The van der Waals surface area contributed by atoms with Gasteiger partial charge in [0.25, 0.3) is 0 Å². The number of nitrogens with one attached hydrogen (secondary N) is 1. The average molecular weight is 297 g/mol. The summed E-state index contributed by atoms with van der Waals surface area (Å²) in [4.78, 5) is 12.1. The number of benzene rings is 1. The first-order valence-electron chi connectivity index (χ1n) is 5.40. The van der Waals surface area contributed by atoms with Crippen molar-refractivity contribution in [2.45, 2.75) is 22.8 Å². The van der Waals surface area contributed by atoms with Crippen LogP contribution < -0.4 is 0 Å². The van der Waals surface area contributed by atoms with Crippen LogP contribution in [0.5, 0.6) is 0 Å². The second kappa shape index (κ2) is 4.87. The molecule has 1 aromatic carbocycles. The summed E-state index contributed by atoms with van der Waals surface area (Å²) in [6, 6.07) is 5.60. The minimum atomic E-state index is 0.701. The van der Waals surface area contributed by atoms with Crippen molar-refractivity contribution in [1.29, 1.82) is 0 Å². The topological polar surface area (TPSA) is 54.5 Å². The second-order valence-corrected chi connectivity index (χ2v) is 6.06. The van der Waals surface area contributed by atoms with E-state index in [9.17, 15) is 0 Å². The fraction of sp³-hybridized carbons (Fsp3) is 0.182. The molecule has 0 radical (unpaired) electrons. The quantitative estimate of drug-likeness (QED) is 0.799. The molecule has 2 heterocycles. The van der Waals surface area contributed by atoms with Crippen LogP contribution in [0.25, 0.3) is 11.0 Å². The molecule has 3 rings (SSSR count). The summed E-state index contributed by atoms with van der Waals surface area (Å²) in [5.41, 5.74) is 1.84. The summed E-state index contributed by atoms with van der Waals surface area (Å²) < 4.78 is 5.15. The summed E-state index contributed by atoms with van der Waals surface area (Å²) >= 11 is 8.82. The number of fused-ring (bicyclic) bond motifs is 1. The number of halogens is 1. The Morgan fingerprint density at radius 1 is 1.39 bits per heavy atom. The van der Waals surface area contributed by atoms with Crippen molar-refractivity contribution in [2.24, 2.45) is 0 Å². The first-order valence-corrected chi connectivity index (χ1v) is 7.37. The maximum Gasteiger partial charge on any atom is 0.177 e. The van der Waals surface area contributed by atoms with Crippen molar-refractivity contribution < 1.29 is 0 Å². The molecule has 0 aliphatic rings. The predicted octanol–water partition coefficient (Wildman–Crippen LogP) is 3.78. The van der Waals surface area contributed by atoms with Gasteiger partial charge in [0.2, 0.25) is 0 Å². The largest absolute Gasteiger partial charge is 0.333 e. The molecule has 0 aliphatic carbocycles. The molecule has 2 aromatic heterocycles. The van der Waals surface area contributed by atoms with Gasteiger partial charge in [-0.25, -0.2) is 9.97 Å². The third-order valence-electron chi connectivity index (χ3n) is 2.37. The van der Waals surface area contributed by atoms with Crippen molar-refractivity contribution >= 4 is 45.9 Å². The zero-order valence-electron chi connectivity index (χ0n) is 9.48.